The van der Waals surface area contributed by atoms with E-state index in [4.69, 9.17) is 15.2 Å². The standard InChI is InChI=1S/C20H21NO3/c1-4-24-20(22)18(14(2)15-8-6-5-7-9-15)19(21)16-10-12-17(23-3)13-11-16/h5-13H,2,4,21H2,1,3H3/b19-18+. The van der Waals surface area contributed by atoms with Crippen LogP contribution in [-0.4, -0.2) is 19.7 Å². The van der Waals surface area contributed by atoms with E-state index in [0.717, 1.165) is 5.56 Å². The van der Waals surface area contributed by atoms with Crippen molar-refractivity contribution in [3.8, 4) is 5.75 Å². The highest BCUT2D eigenvalue weighted by molar-refractivity contribution is 6.12. The number of carbonyl (C=O) groups excluding carboxylic acids is 1. The quantitative estimate of drug-likeness (QED) is 0.501. The molecule has 0 saturated heterocycles. The molecule has 2 aromatic rings. The third-order valence-corrected chi connectivity index (χ3v) is 3.57. The van der Waals surface area contributed by atoms with Gasteiger partial charge < -0.3 is 15.2 Å². The van der Waals surface area contributed by atoms with E-state index in [1.54, 1.807) is 38.3 Å². The summed E-state index contributed by atoms with van der Waals surface area (Å²) in [4.78, 5) is 12.5. The van der Waals surface area contributed by atoms with E-state index in [9.17, 15) is 4.79 Å². The second-order valence-corrected chi connectivity index (χ2v) is 5.08. The van der Waals surface area contributed by atoms with Crippen molar-refractivity contribution < 1.29 is 14.3 Å². The molecule has 0 bridgehead atoms. The maximum Gasteiger partial charge on any atom is 0.340 e. The Labute approximate surface area is 142 Å². The maximum atomic E-state index is 12.5. The molecule has 0 fully saturated rings. The number of carbonyl (C=O) groups is 1. The van der Waals surface area contributed by atoms with Crippen molar-refractivity contribution in [3.05, 3.63) is 77.9 Å². The molecule has 0 heterocycles. The van der Waals surface area contributed by atoms with Gasteiger partial charge in [-0.2, -0.15) is 0 Å². The summed E-state index contributed by atoms with van der Waals surface area (Å²) in [5.41, 5.74) is 8.92. The zero-order chi connectivity index (χ0) is 17.5. The van der Waals surface area contributed by atoms with Gasteiger partial charge in [-0.25, -0.2) is 4.79 Å². The number of nitrogens with two attached hydrogens (primary N) is 1. The van der Waals surface area contributed by atoms with Gasteiger partial charge in [0.05, 0.1) is 25.0 Å². The molecular weight excluding hydrogens is 302 g/mol. The van der Waals surface area contributed by atoms with Gasteiger partial charge in [0, 0.05) is 0 Å². The molecule has 0 radical (unpaired) electrons. The van der Waals surface area contributed by atoms with Gasteiger partial charge in [-0.05, 0) is 47.9 Å². The van der Waals surface area contributed by atoms with Gasteiger partial charge >= 0.3 is 5.97 Å². The average Bonchev–Trinajstić information content (AvgIpc) is 2.62. The van der Waals surface area contributed by atoms with Crippen LogP contribution in [-0.2, 0) is 9.53 Å². The van der Waals surface area contributed by atoms with Crippen molar-refractivity contribution in [1.82, 2.24) is 0 Å². The Morgan fingerprint density at radius 2 is 1.67 bits per heavy atom. The Hall–Kier alpha value is -3.01. The van der Waals surface area contributed by atoms with Gasteiger partial charge in [-0.3, -0.25) is 0 Å². The second kappa shape index (κ2) is 8.02. The second-order valence-electron chi connectivity index (χ2n) is 5.08. The van der Waals surface area contributed by atoms with E-state index >= 15 is 0 Å². The number of rotatable bonds is 6. The number of esters is 1. The van der Waals surface area contributed by atoms with Crippen LogP contribution in [0.15, 0.2) is 66.7 Å². The van der Waals surface area contributed by atoms with Gasteiger partial charge in [0.2, 0.25) is 0 Å². The molecule has 2 N–H and O–H groups in total. The zero-order valence-corrected chi connectivity index (χ0v) is 13.9. The van der Waals surface area contributed by atoms with Crippen molar-refractivity contribution in [2.45, 2.75) is 6.92 Å². The first-order chi connectivity index (χ1) is 11.6. The molecule has 24 heavy (non-hydrogen) atoms. The molecule has 2 rings (SSSR count). The first-order valence-corrected chi connectivity index (χ1v) is 7.64. The number of methoxy groups -OCH3 is 1. The zero-order valence-electron chi connectivity index (χ0n) is 13.9. The minimum atomic E-state index is -0.486. The first-order valence-electron chi connectivity index (χ1n) is 7.64. The Kier molecular flexibility index (Phi) is 5.79. The van der Waals surface area contributed by atoms with E-state index < -0.39 is 5.97 Å². The van der Waals surface area contributed by atoms with Gasteiger partial charge in [0.1, 0.15) is 5.75 Å². The van der Waals surface area contributed by atoms with Gasteiger partial charge in [-0.15, -0.1) is 0 Å². The van der Waals surface area contributed by atoms with Crippen LogP contribution < -0.4 is 10.5 Å². The van der Waals surface area contributed by atoms with Gasteiger partial charge in [-0.1, -0.05) is 36.9 Å². The predicted molar refractivity (Wildman–Crippen MR) is 96.2 cm³/mol. The molecule has 0 aliphatic heterocycles. The topological polar surface area (TPSA) is 61.5 Å². The van der Waals surface area contributed by atoms with Crippen LogP contribution in [0.1, 0.15) is 18.1 Å². The van der Waals surface area contributed by atoms with Crippen molar-refractivity contribution in [2.24, 2.45) is 5.73 Å². The Morgan fingerprint density at radius 3 is 2.21 bits per heavy atom. The summed E-state index contributed by atoms with van der Waals surface area (Å²) in [6, 6.07) is 16.6. The molecule has 0 spiro atoms. The number of hydrogen-bond acceptors (Lipinski definition) is 4. The molecule has 124 valence electrons. The molecule has 0 amide bonds. The molecule has 0 aliphatic rings. The van der Waals surface area contributed by atoms with Crippen LogP contribution in [0, 0.1) is 0 Å². The summed E-state index contributed by atoms with van der Waals surface area (Å²) < 4.78 is 10.3. The normalized spacial score (nSPS) is 11.4. The summed E-state index contributed by atoms with van der Waals surface area (Å²) in [7, 11) is 1.59. The highest BCUT2D eigenvalue weighted by atomic mass is 16.5. The number of hydrogen-bond donors (Lipinski definition) is 1. The monoisotopic (exact) mass is 323 g/mol. The molecule has 0 unspecified atom stereocenters. The SMILES string of the molecule is C=C(/C(C(=O)OCC)=C(\N)c1ccc(OC)cc1)c1ccccc1. The third kappa shape index (κ3) is 3.84. The highest BCUT2D eigenvalue weighted by Crippen LogP contribution is 2.28. The summed E-state index contributed by atoms with van der Waals surface area (Å²) in [6.45, 7) is 6.06. The fourth-order valence-electron chi connectivity index (χ4n) is 2.30. The van der Waals surface area contributed by atoms with E-state index in [2.05, 4.69) is 6.58 Å². The number of ether oxygens (including phenoxy) is 2. The molecule has 0 atom stereocenters. The highest BCUT2D eigenvalue weighted by Gasteiger charge is 2.20. The van der Waals surface area contributed by atoms with Crippen LogP contribution >= 0.6 is 0 Å². The van der Waals surface area contributed by atoms with Crippen molar-refractivity contribution >= 4 is 17.2 Å². The number of benzene rings is 2. The van der Waals surface area contributed by atoms with E-state index in [1.807, 2.05) is 30.3 Å². The molecular formula is C20H21NO3. The van der Waals surface area contributed by atoms with Crippen LogP contribution in [0.25, 0.3) is 11.3 Å². The molecule has 2 aromatic carbocycles. The van der Waals surface area contributed by atoms with E-state index in [-0.39, 0.29) is 12.2 Å². The lowest BCUT2D eigenvalue weighted by molar-refractivity contribution is -0.137. The molecule has 4 nitrogen and oxygen atoms in total. The predicted octanol–water partition coefficient (Wildman–Crippen LogP) is 3.64. The summed E-state index contributed by atoms with van der Waals surface area (Å²) >= 11 is 0. The lowest BCUT2D eigenvalue weighted by Gasteiger charge is -2.14. The van der Waals surface area contributed by atoms with Gasteiger partial charge in [0.25, 0.3) is 0 Å². The molecule has 0 aliphatic carbocycles. The minimum absolute atomic E-state index is 0.264. The van der Waals surface area contributed by atoms with Crippen molar-refractivity contribution in [2.75, 3.05) is 13.7 Å². The third-order valence-electron chi connectivity index (χ3n) is 3.57. The lowest BCUT2D eigenvalue weighted by atomic mass is 9.95. The largest absolute Gasteiger partial charge is 0.497 e. The summed E-state index contributed by atoms with van der Waals surface area (Å²) in [6.07, 6.45) is 0. The maximum absolute atomic E-state index is 12.5. The van der Waals surface area contributed by atoms with E-state index in [1.165, 1.54) is 0 Å². The first kappa shape index (κ1) is 17.3. The Morgan fingerprint density at radius 1 is 1.04 bits per heavy atom. The smallest absolute Gasteiger partial charge is 0.340 e. The fraction of sp³-hybridized carbons (Fsp3) is 0.150. The lowest BCUT2D eigenvalue weighted by Crippen LogP contribution is -2.15. The van der Waals surface area contributed by atoms with E-state index in [0.29, 0.717) is 22.6 Å². The van der Waals surface area contributed by atoms with Crippen LogP contribution in [0.5, 0.6) is 5.75 Å². The Bertz CT molecular complexity index is 746. The summed E-state index contributed by atoms with van der Waals surface area (Å²) in [5.74, 6) is 0.228. The Balaban J connectivity index is 2.51. The van der Waals surface area contributed by atoms with Crippen molar-refractivity contribution in [1.29, 1.82) is 0 Å². The minimum Gasteiger partial charge on any atom is -0.497 e. The van der Waals surface area contributed by atoms with Crippen LogP contribution in [0.2, 0.25) is 0 Å². The van der Waals surface area contributed by atoms with Crippen LogP contribution in [0.3, 0.4) is 0 Å². The van der Waals surface area contributed by atoms with Gasteiger partial charge in [0.15, 0.2) is 0 Å². The van der Waals surface area contributed by atoms with Crippen LogP contribution in [0.4, 0.5) is 0 Å². The molecule has 0 saturated carbocycles. The average molecular weight is 323 g/mol. The molecule has 0 aromatic heterocycles. The molecule has 4 heteroatoms. The summed E-state index contributed by atoms with van der Waals surface area (Å²) in [5, 5.41) is 0. The fourth-order valence-corrected chi connectivity index (χ4v) is 2.30. The van der Waals surface area contributed by atoms with Crippen molar-refractivity contribution in [3.63, 3.8) is 0 Å².